The van der Waals surface area contributed by atoms with Gasteiger partial charge in [0.2, 0.25) is 11.6 Å². The van der Waals surface area contributed by atoms with Crippen molar-refractivity contribution < 1.29 is 27.8 Å². The molecule has 6 rings (SSSR count). The molecule has 6 aromatic rings. The van der Waals surface area contributed by atoms with Gasteiger partial charge in [-0.25, -0.2) is 27.8 Å². The van der Waals surface area contributed by atoms with Gasteiger partial charge in [0.25, 0.3) is 0 Å². The lowest BCUT2D eigenvalue weighted by atomic mass is 10.2. The zero-order chi connectivity index (χ0) is 23.1. The van der Waals surface area contributed by atoms with E-state index >= 15 is 0 Å². The summed E-state index contributed by atoms with van der Waals surface area (Å²) in [6.45, 7) is 0. The lowest BCUT2D eigenvalue weighted by Gasteiger charge is -1.92. The first-order chi connectivity index (χ1) is 16.7. The number of hydrogen-bond acceptors (Lipinski definition) is 22. The van der Waals surface area contributed by atoms with Crippen LogP contribution in [0.1, 0.15) is 0 Å². The lowest BCUT2D eigenvalue weighted by molar-refractivity contribution is 0.302. The SMILES string of the molecule is Nc1nonc1-c1nonc1-c1nonc1N=Nc1nonc1-c1nonc1-c1nonc1N. The quantitative estimate of drug-likeness (QED) is 0.309. The molecule has 0 radical (unpaired) electrons. The highest BCUT2D eigenvalue weighted by atomic mass is 16.6. The van der Waals surface area contributed by atoms with Gasteiger partial charge in [0.05, 0.1) is 0 Å². The molecular weight excluding hydrogens is 464 g/mol. The van der Waals surface area contributed by atoms with Gasteiger partial charge in [-0.05, 0) is 61.9 Å². The molecule has 22 heteroatoms. The zero-order valence-corrected chi connectivity index (χ0v) is 15.9. The first-order valence-corrected chi connectivity index (χ1v) is 8.60. The smallest absolute Gasteiger partial charge is 0.247 e. The average molecular weight is 468 g/mol. The maximum Gasteiger partial charge on any atom is 0.247 e. The molecule has 0 saturated heterocycles. The van der Waals surface area contributed by atoms with Gasteiger partial charge in [-0.3, -0.25) is 0 Å². The second-order valence-corrected chi connectivity index (χ2v) is 5.99. The molecule has 0 aliphatic rings. The van der Waals surface area contributed by atoms with Crippen molar-refractivity contribution in [1.29, 1.82) is 0 Å². The molecule has 4 N–H and O–H groups in total. The van der Waals surface area contributed by atoms with E-state index in [1.54, 1.807) is 0 Å². The largest absolute Gasteiger partial charge is 0.379 e. The van der Waals surface area contributed by atoms with Crippen molar-refractivity contribution in [3.05, 3.63) is 0 Å². The molecule has 0 bridgehead atoms. The van der Waals surface area contributed by atoms with Crippen LogP contribution in [0.2, 0.25) is 0 Å². The van der Waals surface area contributed by atoms with Crippen LogP contribution in [0.4, 0.5) is 23.3 Å². The number of rotatable bonds is 6. The van der Waals surface area contributed by atoms with Crippen molar-refractivity contribution in [1.82, 2.24) is 61.9 Å². The Balaban J connectivity index is 1.36. The molecule has 0 spiro atoms. The average Bonchev–Trinajstić information content (AvgIpc) is 3.65. The number of aromatic nitrogens is 12. The molecule has 34 heavy (non-hydrogen) atoms. The molecule has 0 amide bonds. The Kier molecular flexibility index (Phi) is 4.04. The number of azo groups is 1. The van der Waals surface area contributed by atoms with Gasteiger partial charge in [0.1, 0.15) is 0 Å². The van der Waals surface area contributed by atoms with Gasteiger partial charge in [-0.2, -0.15) is 0 Å². The van der Waals surface area contributed by atoms with E-state index in [0.717, 1.165) is 0 Å². The topological polar surface area (TPSA) is 310 Å². The molecule has 0 aliphatic heterocycles. The van der Waals surface area contributed by atoms with Gasteiger partial charge >= 0.3 is 0 Å². The maximum absolute atomic E-state index is 5.69. The van der Waals surface area contributed by atoms with Gasteiger partial charge in [-0.15, -0.1) is 10.2 Å². The fourth-order valence-corrected chi connectivity index (χ4v) is 2.61. The van der Waals surface area contributed by atoms with Crippen molar-refractivity contribution in [2.75, 3.05) is 11.5 Å². The van der Waals surface area contributed by atoms with Crippen molar-refractivity contribution in [2.45, 2.75) is 0 Å². The van der Waals surface area contributed by atoms with Crippen molar-refractivity contribution in [2.24, 2.45) is 10.2 Å². The van der Waals surface area contributed by atoms with Crippen LogP contribution in [0.3, 0.4) is 0 Å². The predicted molar refractivity (Wildman–Crippen MR) is 94.8 cm³/mol. The number of nitrogens with two attached hydrogens (primary N) is 2. The van der Waals surface area contributed by atoms with Crippen LogP contribution in [0.5, 0.6) is 0 Å². The molecule has 0 aromatic carbocycles. The molecule has 6 aromatic heterocycles. The van der Waals surface area contributed by atoms with E-state index in [9.17, 15) is 0 Å². The van der Waals surface area contributed by atoms with Crippen molar-refractivity contribution in [3.8, 4) is 45.6 Å². The third-order valence-corrected chi connectivity index (χ3v) is 4.08. The number of hydrogen-bond donors (Lipinski definition) is 2. The van der Waals surface area contributed by atoms with E-state index in [0.29, 0.717) is 0 Å². The molecular formula is C12H4N16O6. The van der Waals surface area contributed by atoms with Gasteiger partial charge in [-0.1, -0.05) is 0 Å². The summed E-state index contributed by atoms with van der Waals surface area (Å²) in [6, 6.07) is 0. The standard InChI is InChI=1S/C12H4N16O6/c13-9-5(21-31-25-9)1-3(19-29-17-1)7-11(27-33-23-7)15-16-12-8(24-34-28-12)4-2(18-30-20-4)6-10(14)26-32-22-6/h(H2,13,25)(H2,14,26). The van der Waals surface area contributed by atoms with Crippen LogP contribution in [0.25, 0.3) is 45.6 Å². The minimum Gasteiger partial charge on any atom is -0.379 e. The van der Waals surface area contributed by atoms with Gasteiger partial charge < -0.3 is 11.5 Å². The van der Waals surface area contributed by atoms with Crippen molar-refractivity contribution in [3.63, 3.8) is 0 Å². The molecule has 0 aliphatic carbocycles. The Bertz CT molecular complexity index is 1500. The van der Waals surface area contributed by atoms with E-state index in [1.807, 2.05) is 0 Å². The number of nitrogen functional groups attached to an aromatic ring is 2. The summed E-state index contributed by atoms with van der Waals surface area (Å²) in [6.07, 6.45) is 0. The van der Waals surface area contributed by atoms with Crippen LogP contribution in [-0.4, -0.2) is 61.9 Å². The minimum atomic E-state index is -0.149. The lowest BCUT2D eigenvalue weighted by Crippen LogP contribution is -1.91. The van der Waals surface area contributed by atoms with Gasteiger partial charge in [0, 0.05) is 0 Å². The van der Waals surface area contributed by atoms with Crippen LogP contribution >= 0.6 is 0 Å². The third-order valence-electron chi connectivity index (χ3n) is 4.08. The summed E-state index contributed by atoms with van der Waals surface area (Å²) < 4.78 is 28.1. The molecule has 0 atom stereocenters. The summed E-state index contributed by atoms with van der Waals surface area (Å²) >= 11 is 0. The summed E-state index contributed by atoms with van der Waals surface area (Å²) in [5.74, 6) is -0.418. The Hall–Kier alpha value is -5.96. The van der Waals surface area contributed by atoms with Gasteiger partial charge in [0.15, 0.2) is 57.2 Å². The molecule has 6 heterocycles. The summed E-state index contributed by atoms with van der Waals surface area (Å²) in [4.78, 5) is 0. The maximum atomic E-state index is 5.69. The molecule has 22 nitrogen and oxygen atoms in total. The Morgan fingerprint density at radius 1 is 0.353 bits per heavy atom. The first kappa shape index (κ1) is 18.8. The van der Waals surface area contributed by atoms with E-state index in [1.165, 1.54) is 0 Å². The van der Waals surface area contributed by atoms with Crippen LogP contribution in [-0.2, 0) is 0 Å². The number of anilines is 2. The van der Waals surface area contributed by atoms with E-state index < -0.39 is 0 Å². The fraction of sp³-hybridized carbons (Fsp3) is 0. The van der Waals surface area contributed by atoms with Crippen LogP contribution in [0.15, 0.2) is 38.0 Å². The zero-order valence-electron chi connectivity index (χ0n) is 15.9. The van der Waals surface area contributed by atoms with E-state index in [2.05, 4.69) is 81.4 Å². The highest BCUT2D eigenvalue weighted by Crippen LogP contribution is 2.36. The first-order valence-electron chi connectivity index (χ1n) is 8.60. The van der Waals surface area contributed by atoms with Crippen LogP contribution < -0.4 is 11.5 Å². The molecule has 0 fully saturated rings. The molecule has 0 unspecified atom stereocenters. The highest BCUT2D eigenvalue weighted by molar-refractivity contribution is 5.82. The predicted octanol–water partition coefficient (Wildman–Crippen LogP) is 0.232. The third kappa shape index (κ3) is 2.90. The second-order valence-electron chi connectivity index (χ2n) is 5.99. The fourth-order valence-electron chi connectivity index (χ4n) is 2.61. The van der Waals surface area contributed by atoms with Crippen molar-refractivity contribution >= 4 is 23.3 Å². The summed E-state index contributed by atoms with van der Waals surface area (Å²) in [7, 11) is 0. The second kappa shape index (κ2) is 7.32. The monoisotopic (exact) mass is 468 g/mol. The highest BCUT2D eigenvalue weighted by Gasteiger charge is 2.28. The van der Waals surface area contributed by atoms with E-state index in [4.69, 9.17) is 30.0 Å². The Labute approximate surface area is 181 Å². The normalized spacial score (nSPS) is 11.6. The Morgan fingerprint density at radius 2 is 0.647 bits per heavy atom. The minimum absolute atomic E-state index is 0.0214. The Morgan fingerprint density at radius 3 is 1.03 bits per heavy atom. The summed E-state index contributed by atoms with van der Waals surface area (Å²) in [5, 5.41) is 51.8. The summed E-state index contributed by atoms with van der Waals surface area (Å²) in [5.41, 5.74) is 11.6. The molecule has 168 valence electrons. The number of nitrogens with zero attached hydrogens (tertiary/aromatic N) is 14. The van der Waals surface area contributed by atoms with Crippen LogP contribution in [0, 0.1) is 0 Å². The molecule has 0 saturated carbocycles. The van der Waals surface area contributed by atoms with E-state index in [-0.39, 0.29) is 68.8 Å².